The van der Waals surface area contributed by atoms with E-state index in [1.165, 1.54) is 0 Å². The first kappa shape index (κ1) is 18.0. The van der Waals surface area contributed by atoms with Crippen LogP contribution in [0.4, 0.5) is 0 Å². The highest BCUT2D eigenvalue weighted by Gasteiger charge is 2.10. The van der Waals surface area contributed by atoms with Crippen LogP contribution < -0.4 is 5.56 Å². The molecule has 0 bridgehead atoms. The zero-order valence-electron chi connectivity index (χ0n) is 15.3. The summed E-state index contributed by atoms with van der Waals surface area (Å²) in [7, 11) is 0. The minimum atomic E-state index is -0.217. The van der Waals surface area contributed by atoms with Gasteiger partial charge in [-0.25, -0.2) is 0 Å². The topological polar surface area (TPSA) is 89.4 Å². The molecule has 26 heavy (non-hydrogen) atoms. The summed E-state index contributed by atoms with van der Waals surface area (Å²) in [4.78, 5) is 21.4. The first-order valence-corrected chi connectivity index (χ1v) is 9.13. The van der Waals surface area contributed by atoms with Crippen LogP contribution in [0.1, 0.15) is 45.4 Å². The van der Waals surface area contributed by atoms with E-state index >= 15 is 0 Å². The Morgan fingerprint density at radius 3 is 2.96 bits per heavy atom. The predicted molar refractivity (Wildman–Crippen MR) is 102 cm³/mol. The van der Waals surface area contributed by atoms with Crippen molar-refractivity contribution in [3.05, 3.63) is 46.5 Å². The molecule has 1 aromatic carbocycles. The van der Waals surface area contributed by atoms with Crippen molar-refractivity contribution in [1.29, 1.82) is 0 Å². The molecular formula is C19H24N6O. The van der Waals surface area contributed by atoms with Gasteiger partial charge in [-0.05, 0) is 49.6 Å². The summed E-state index contributed by atoms with van der Waals surface area (Å²) in [6.45, 7) is 4.84. The first-order valence-electron chi connectivity index (χ1n) is 9.13. The van der Waals surface area contributed by atoms with Crippen molar-refractivity contribution in [3.8, 4) is 11.4 Å². The smallest absolute Gasteiger partial charge is 0.280 e. The number of allylic oxidation sites excluding steroid dienone is 2. The van der Waals surface area contributed by atoms with Crippen LogP contribution in [0, 0.1) is 0 Å². The summed E-state index contributed by atoms with van der Waals surface area (Å²) >= 11 is 0. The van der Waals surface area contributed by atoms with Gasteiger partial charge in [0.05, 0.1) is 17.4 Å². The van der Waals surface area contributed by atoms with Crippen LogP contribution >= 0.6 is 0 Å². The minimum absolute atomic E-state index is 0.217. The van der Waals surface area contributed by atoms with Crippen molar-refractivity contribution in [3.63, 3.8) is 0 Å². The van der Waals surface area contributed by atoms with E-state index in [-0.39, 0.29) is 5.56 Å². The van der Waals surface area contributed by atoms with E-state index in [0.29, 0.717) is 17.8 Å². The Balaban J connectivity index is 1.82. The van der Waals surface area contributed by atoms with E-state index in [1.54, 1.807) is 10.9 Å². The van der Waals surface area contributed by atoms with Gasteiger partial charge in [0, 0.05) is 12.0 Å². The largest absolute Gasteiger partial charge is 0.343 e. The number of nitrogens with zero attached hydrogens (tertiary/aromatic N) is 5. The molecule has 2 aromatic heterocycles. The lowest BCUT2D eigenvalue weighted by atomic mass is 10.1. The lowest BCUT2D eigenvalue weighted by Crippen LogP contribution is -2.12. The van der Waals surface area contributed by atoms with Gasteiger partial charge in [-0.3, -0.25) is 4.79 Å². The quantitative estimate of drug-likeness (QED) is 0.496. The molecule has 0 aliphatic rings. The monoisotopic (exact) mass is 352 g/mol. The number of aryl methyl sites for hydroxylation is 2. The molecule has 0 fully saturated rings. The van der Waals surface area contributed by atoms with Gasteiger partial charge in [0.15, 0.2) is 0 Å². The number of hydrogen-bond donors (Lipinski definition) is 1. The van der Waals surface area contributed by atoms with Crippen molar-refractivity contribution >= 4 is 10.9 Å². The van der Waals surface area contributed by atoms with Gasteiger partial charge in [0.25, 0.3) is 5.56 Å². The van der Waals surface area contributed by atoms with Crippen LogP contribution in [-0.2, 0) is 13.0 Å². The van der Waals surface area contributed by atoms with Gasteiger partial charge >= 0.3 is 0 Å². The molecule has 0 amide bonds. The fraction of sp³-hybridized carbons (Fsp3) is 0.421. The number of fused-ring (bicyclic) bond motifs is 1. The fourth-order valence-electron chi connectivity index (χ4n) is 2.77. The van der Waals surface area contributed by atoms with E-state index in [1.807, 2.05) is 25.1 Å². The summed E-state index contributed by atoms with van der Waals surface area (Å²) in [5, 5.41) is 13.2. The maximum absolute atomic E-state index is 12.4. The molecule has 0 spiro atoms. The molecule has 0 saturated carbocycles. The van der Waals surface area contributed by atoms with E-state index in [4.69, 9.17) is 0 Å². The first-order chi connectivity index (χ1) is 12.7. The Morgan fingerprint density at radius 1 is 1.27 bits per heavy atom. The second kappa shape index (κ2) is 8.51. The second-order valence-electron chi connectivity index (χ2n) is 6.27. The summed E-state index contributed by atoms with van der Waals surface area (Å²) in [6.07, 6.45) is 8.97. The molecule has 0 saturated heterocycles. The molecule has 0 aliphatic carbocycles. The average molecular weight is 352 g/mol. The number of nitrogens with one attached hydrogen (secondary N) is 1. The third-order valence-electron chi connectivity index (χ3n) is 4.21. The van der Waals surface area contributed by atoms with Crippen LogP contribution in [0.2, 0.25) is 0 Å². The van der Waals surface area contributed by atoms with Crippen LogP contribution in [0.3, 0.4) is 0 Å². The van der Waals surface area contributed by atoms with Crippen LogP contribution in [0.5, 0.6) is 0 Å². The molecule has 0 unspecified atom stereocenters. The Hall–Kier alpha value is -2.83. The molecule has 0 radical (unpaired) electrons. The Kier molecular flexibility index (Phi) is 5.88. The van der Waals surface area contributed by atoms with E-state index in [0.717, 1.165) is 49.0 Å². The molecule has 3 aromatic rings. The highest BCUT2D eigenvalue weighted by molar-refractivity contribution is 5.82. The minimum Gasteiger partial charge on any atom is -0.343 e. The van der Waals surface area contributed by atoms with Gasteiger partial charge < -0.3 is 4.98 Å². The molecule has 2 heterocycles. The number of aromatic amines is 1. The number of hydrogen-bond acceptors (Lipinski definition) is 5. The van der Waals surface area contributed by atoms with Gasteiger partial charge in [-0.2, -0.15) is 9.78 Å². The Labute approximate surface area is 152 Å². The van der Waals surface area contributed by atoms with E-state index in [9.17, 15) is 4.79 Å². The molecule has 7 nitrogen and oxygen atoms in total. The molecule has 1 N–H and O–H groups in total. The summed E-state index contributed by atoms with van der Waals surface area (Å²) < 4.78 is 0. The normalized spacial score (nSPS) is 11.6. The van der Waals surface area contributed by atoms with Gasteiger partial charge in [0.1, 0.15) is 5.82 Å². The van der Waals surface area contributed by atoms with Crippen molar-refractivity contribution in [2.75, 3.05) is 0 Å². The van der Waals surface area contributed by atoms with Crippen molar-refractivity contribution in [2.24, 2.45) is 0 Å². The highest BCUT2D eigenvalue weighted by atomic mass is 16.1. The Bertz CT molecular complexity index is 956. The highest BCUT2D eigenvalue weighted by Crippen LogP contribution is 2.18. The maximum atomic E-state index is 12.4. The summed E-state index contributed by atoms with van der Waals surface area (Å²) in [5.74, 6) is 1.26. The molecular weight excluding hydrogens is 328 g/mol. The lowest BCUT2D eigenvalue weighted by molar-refractivity contribution is 0.503. The predicted octanol–water partition coefficient (Wildman–Crippen LogP) is 3.28. The lowest BCUT2D eigenvalue weighted by Gasteiger charge is -2.04. The number of rotatable bonds is 8. The summed E-state index contributed by atoms with van der Waals surface area (Å²) in [6, 6.07) is 5.57. The van der Waals surface area contributed by atoms with Crippen LogP contribution in [0.15, 0.2) is 35.1 Å². The zero-order valence-corrected chi connectivity index (χ0v) is 15.3. The third kappa shape index (κ3) is 4.22. The second-order valence-corrected chi connectivity index (χ2v) is 6.27. The van der Waals surface area contributed by atoms with E-state index < -0.39 is 0 Å². The molecule has 136 valence electrons. The molecule has 0 aliphatic heterocycles. The average Bonchev–Trinajstić information content (AvgIpc) is 3.12. The number of tetrazole rings is 1. The number of aromatic nitrogens is 6. The number of H-pyrrole nitrogens is 1. The van der Waals surface area contributed by atoms with Gasteiger partial charge in [-0.1, -0.05) is 25.5 Å². The van der Waals surface area contributed by atoms with Crippen molar-refractivity contribution in [1.82, 2.24) is 30.2 Å². The summed E-state index contributed by atoms with van der Waals surface area (Å²) in [5.41, 5.74) is 1.34. The zero-order chi connectivity index (χ0) is 18.4. The van der Waals surface area contributed by atoms with Crippen LogP contribution in [0.25, 0.3) is 22.3 Å². The maximum Gasteiger partial charge on any atom is 0.280 e. The van der Waals surface area contributed by atoms with Crippen molar-refractivity contribution < 1.29 is 0 Å². The van der Waals surface area contributed by atoms with Crippen molar-refractivity contribution in [2.45, 2.75) is 52.5 Å². The number of benzene rings is 1. The molecule has 7 heteroatoms. The number of unbranched alkanes of at least 4 members (excludes halogenated alkanes) is 2. The molecule has 0 atom stereocenters. The van der Waals surface area contributed by atoms with Crippen LogP contribution in [-0.4, -0.2) is 30.2 Å². The Morgan fingerprint density at radius 2 is 2.15 bits per heavy atom. The fourth-order valence-corrected chi connectivity index (χ4v) is 2.77. The molecule has 3 rings (SSSR count). The standard InChI is InChI=1S/C19H24N6O/c1-3-5-7-8-12-25-23-18(22-24-25)14-10-11-16-15(13-14)19(26)21-17(20-16)9-6-4-2/h3,5,10-11,13H,4,6-9,12H2,1-2H3,(H,20,21,26). The van der Waals surface area contributed by atoms with Gasteiger partial charge in [-0.15, -0.1) is 10.2 Å². The van der Waals surface area contributed by atoms with E-state index in [2.05, 4.69) is 38.4 Å². The third-order valence-corrected chi connectivity index (χ3v) is 4.21. The SMILES string of the molecule is CC=CCCCn1nnc(-c2ccc3[nH]c(CCCC)nc(=O)c3c2)n1. The van der Waals surface area contributed by atoms with Gasteiger partial charge in [0.2, 0.25) is 5.82 Å².